The molecule has 0 N–H and O–H groups in total. The fourth-order valence-corrected chi connectivity index (χ4v) is 5.09. The van der Waals surface area contributed by atoms with Crippen molar-refractivity contribution in [3.63, 3.8) is 0 Å². The molecule has 0 aliphatic heterocycles. The predicted molar refractivity (Wildman–Crippen MR) is 142 cm³/mol. The number of hydrogen-bond donors (Lipinski definition) is 0. The number of fused-ring (bicyclic) bond motifs is 1. The molecule has 0 aliphatic rings. The fraction of sp³-hybridized carbons (Fsp3) is 0.0625. The summed E-state index contributed by atoms with van der Waals surface area (Å²) in [7, 11) is 0. The van der Waals surface area contributed by atoms with E-state index in [1.165, 1.54) is 0 Å². The van der Waals surface area contributed by atoms with Crippen molar-refractivity contribution in [3.8, 4) is 11.1 Å². The Labute approximate surface area is 205 Å². The van der Waals surface area contributed by atoms with E-state index in [1.54, 1.807) is 0 Å². The van der Waals surface area contributed by atoms with Gasteiger partial charge in [-0.15, -0.1) is 0 Å². The van der Waals surface area contributed by atoms with Crippen LogP contribution in [0.1, 0.15) is 22.4 Å². The Hall–Kier alpha value is -4.50. The molecular formula is C32H25N3. The predicted octanol–water partition coefficient (Wildman–Crippen LogP) is 7.25. The van der Waals surface area contributed by atoms with Crippen molar-refractivity contribution >= 4 is 10.9 Å². The Bertz CT molecular complexity index is 1490. The first-order chi connectivity index (χ1) is 17.3. The molecule has 0 spiro atoms. The van der Waals surface area contributed by atoms with Gasteiger partial charge in [-0.05, 0) is 47.4 Å². The standard InChI is InChI=1S/C32H25N3/c1-24-30(25-19-20-31-26(22-25)12-11-21-33-31)23-35(34-24)32(27-13-5-2-6-14-27,28-15-7-3-8-16-28)29-17-9-4-10-18-29/h2-23H,1H3. The molecule has 0 aliphatic carbocycles. The van der Waals surface area contributed by atoms with Crippen LogP contribution in [0, 0.1) is 6.92 Å². The number of rotatable bonds is 5. The van der Waals surface area contributed by atoms with Gasteiger partial charge < -0.3 is 0 Å². The highest BCUT2D eigenvalue weighted by Gasteiger charge is 2.39. The summed E-state index contributed by atoms with van der Waals surface area (Å²) in [5, 5.41) is 6.29. The summed E-state index contributed by atoms with van der Waals surface area (Å²) in [6.45, 7) is 2.09. The van der Waals surface area contributed by atoms with E-state index in [-0.39, 0.29) is 0 Å². The second-order valence-electron chi connectivity index (χ2n) is 8.79. The van der Waals surface area contributed by atoms with Gasteiger partial charge in [-0.1, -0.05) is 103 Å². The zero-order valence-corrected chi connectivity index (χ0v) is 19.5. The van der Waals surface area contributed by atoms with Crippen molar-refractivity contribution < 1.29 is 0 Å². The van der Waals surface area contributed by atoms with Gasteiger partial charge in [0.05, 0.1) is 11.2 Å². The second-order valence-corrected chi connectivity index (χ2v) is 8.79. The van der Waals surface area contributed by atoms with Crippen molar-refractivity contribution in [2.24, 2.45) is 0 Å². The first-order valence-electron chi connectivity index (χ1n) is 11.9. The van der Waals surface area contributed by atoms with Crippen LogP contribution in [0.25, 0.3) is 22.0 Å². The second kappa shape index (κ2) is 8.69. The van der Waals surface area contributed by atoms with Gasteiger partial charge in [0.1, 0.15) is 5.54 Å². The first kappa shape index (κ1) is 21.1. The van der Waals surface area contributed by atoms with Crippen molar-refractivity contribution in [2.75, 3.05) is 0 Å². The van der Waals surface area contributed by atoms with Gasteiger partial charge in [0, 0.05) is 23.3 Å². The average molecular weight is 452 g/mol. The normalized spacial score (nSPS) is 11.6. The maximum absolute atomic E-state index is 5.17. The zero-order chi connectivity index (χ0) is 23.7. The summed E-state index contributed by atoms with van der Waals surface area (Å²) >= 11 is 0. The summed E-state index contributed by atoms with van der Waals surface area (Å²) in [6.07, 6.45) is 4.03. The fourth-order valence-electron chi connectivity index (χ4n) is 5.09. The Morgan fingerprint density at radius 2 is 1.20 bits per heavy atom. The molecule has 3 nitrogen and oxygen atoms in total. The number of hydrogen-bond acceptors (Lipinski definition) is 2. The Kier molecular flexibility index (Phi) is 5.23. The third-order valence-corrected chi connectivity index (χ3v) is 6.73. The Balaban J connectivity index is 1.64. The molecule has 0 radical (unpaired) electrons. The van der Waals surface area contributed by atoms with Gasteiger partial charge in [-0.25, -0.2) is 0 Å². The minimum absolute atomic E-state index is 0.620. The van der Waals surface area contributed by atoms with Crippen molar-refractivity contribution in [1.29, 1.82) is 0 Å². The smallest absolute Gasteiger partial charge is 0.138 e. The maximum atomic E-state index is 5.17. The number of aryl methyl sites for hydroxylation is 1. The quantitative estimate of drug-likeness (QED) is 0.259. The van der Waals surface area contributed by atoms with E-state index in [0.29, 0.717) is 0 Å². The van der Waals surface area contributed by atoms with E-state index < -0.39 is 5.54 Å². The highest BCUT2D eigenvalue weighted by Crippen LogP contribution is 2.41. The number of benzene rings is 4. The van der Waals surface area contributed by atoms with Crippen LogP contribution in [-0.4, -0.2) is 14.8 Å². The lowest BCUT2D eigenvalue weighted by Gasteiger charge is -2.36. The lowest BCUT2D eigenvalue weighted by molar-refractivity contribution is 0.458. The number of aromatic nitrogens is 3. The molecular weight excluding hydrogens is 426 g/mol. The summed E-state index contributed by atoms with van der Waals surface area (Å²) in [5.41, 5.74) is 7.09. The molecule has 6 aromatic rings. The van der Waals surface area contributed by atoms with Crippen LogP contribution >= 0.6 is 0 Å². The molecule has 0 atom stereocenters. The Morgan fingerprint density at radius 3 is 1.77 bits per heavy atom. The number of nitrogens with zero attached hydrogens (tertiary/aromatic N) is 3. The summed E-state index contributed by atoms with van der Waals surface area (Å²) in [6, 6.07) is 42.5. The van der Waals surface area contributed by atoms with Crippen molar-refractivity contribution in [2.45, 2.75) is 12.5 Å². The van der Waals surface area contributed by atoms with Crippen LogP contribution in [0.15, 0.2) is 134 Å². The maximum Gasteiger partial charge on any atom is 0.138 e. The molecule has 0 amide bonds. The van der Waals surface area contributed by atoms with Crippen LogP contribution in [-0.2, 0) is 5.54 Å². The molecule has 168 valence electrons. The largest absolute Gasteiger partial charge is 0.256 e. The molecule has 2 heterocycles. The molecule has 35 heavy (non-hydrogen) atoms. The van der Waals surface area contributed by atoms with Crippen LogP contribution in [0.2, 0.25) is 0 Å². The third-order valence-electron chi connectivity index (χ3n) is 6.73. The summed E-state index contributed by atoms with van der Waals surface area (Å²) < 4.78 is 2.14. The van der Waals surface area contributed by atoms with E-state index >= 15 is 0 Å². The van der Waals surface area contributed by atoms with Crippen molar-refractivity contribution in [1.82, 2.24) is 14.8 Å². The zero-order valence-electron chi connectivity index (χ0n) is 19.5. The average Bonchev–Trinajstić information content (AvgIpc) is 3.32. The topological polar surface area (TPSA) is 30.7 Å². The monoisotopic (exact) mass is 451 g/mol. The van der Waals surface area contributed by atoms with Crippen LogP contribution in [0.4, 0.5) is 0 Å². The minimum atomic E-state index is -0.620. The minimum Gasteiger partial charge on any atom is -0.256 e. The summed E-state index contributed by atoms with van der Waals surface area (Å²) in [5.74, 6) is 0. The Morgan fingerprint density at radius 1 is 0.629 bits per heavy atom. The lowest BCUT2D eigenvalue weighted by atomic mass is 9.77. The molecule has 4 aromatic carbocycles. The van der Waals surface area contributed by atoms with E-state index in [1.807, 2.05) is 12.3 Å². The molecule has 3 heteroatoms. The summed E-state index contributed by atoms with van der Waals surface area (Å²) in [4.78, 5) is 4.48. The molecule has 0 unspecified atom stereocenters. The van der Waals surface area contributed by atoms with Crippen LogP contribution < -0.4 is 0 Å². The highest BCUT2D eigenvalue weighted by molar-refractivity contribution is 5.84. The van der Waals surface area contributed by atoms with Gasteiger partial charge in [0.15, 0.2) is 0 Å². The third kappa shape index (κ3) is 3.53. The van der Waals surface area contributed by atoms with Gasteiger partial charge in [-0.3, -0.25) is 9.67 Å². The molecule has 0 saturated heterocycles. The molecule has 2 aromatic heterocycles. The highest BCUT2D eigenvalue weighted by atomic mass is 15.3. The van der Waals surface area contributed by atoms with E-state index in [0.717, 1.165) is 44.4 Å². The molecule has 0 saturated carbocycles. The molecule has 0 bridgehead atoms. The first-order valence-corrected chi connectivity index (χ1v) is 11.9. The SMILES string of the molecule is Cc1nn(C(c2ccccc2)(c2ccccc2)c2ccccc2)cc1-c1ccc2ncccc2c1. The number of pyridine rings is 1. The van der Waals surface area contributed by atoms with Crippen molar-refractivity contribution in [3.05, 3.63) is 156 Å². The lowest BCUT2D eigenvalue weighted by Crippen LogP contribution is -2.38. The molecule has 0 fully saturated rings. The van der Waals surface area contributed by atoms with Gasteiger partial charge in [0.2, 0.25) is 0 Å². The van der Waals surface area contributed by atoms with E-state index in [4.69, 9.17) is 5.10 Å². The van der Waals surface area contributed by atoms with E-state index in [9.17, 15) is 0 Å². The van der Waals surface area contributed by atoms with Gasteiger partial charge >= 0.3 is 0 Å². The van der Waals surface area contributed by atoms with E-state index in [2.05, 4.69) is 138 Å². The van der Waals surface area contributed by atoms with Crippen LogP contribution in [0.3, 0.4) is 0 Å². The van der Waals surface area contributed by atoms with Gasteiger partial charge in [-0.2, -0.15) is 5.10 Å². The molecule has 6 rings (SSSR count). The van der Waals surface area contributed by atoms with Gasteiger partial charge in [0.25, 0.3) is 0 Å². The van der Waals surface area contributed by atoms with Crippen LogP contribution in [0.5, 0.6) is 0 Å².